The van der Waals surface area contributed by atoms with Gasteiger partial charge in [0, 0.05) is 33.8 Å². The molecule has 1 heterocycles. The molecule has 1 aliphatic heterocycles. The summed E-state index contributed by atoms with van der Waals surface area (Å²) in [5.74, 6) is -3.49. The Kier molecular flexibility index (Phi) is 9.75. The smallest absolute Gasteiger partial charge is 0.333 e. The van der Waals surface area contributed by atoms with Gasteiger partial charge in [0.1, 0.15) is 18.8 Å². The summed E-state index contributed by atoms with van der Waals surface area (Å²) in [6.45, 7) is 4.22. The first-order valence-corrected chi connectivity index (χ1v) is 10.4. The van der Waals surface area contributed by atoms with Crippen LogP contribution in [0.4, 0.5) is 0 Å². The van der Waals surface area contributed by atoms with E-state index in [1.165, 1.54) is 19.9 Å². The lowest BCUT2D eigenvalue weighted by atomic mass is 9.96. The third kappa shape index (κ3) is 8.32. The third-order valence-corrected chi connectivity index (χ3v) is 4.51. The van der Waals surface area contributed by atoms with Crippen molar-refractivity contribution in [1.82, 2.24) is 5.32 Å². The van der Waals surface area contributed by atoms with Gasteiger partial charge in [-0.05, 0) is 11.6 Å². The van der Waals surface area contributed by atoms with Crippen molar-refractivity contribution in [3.63, 3.8) is 0 Å². The molecule has 0 saturated carbocycles. The van der Waals surface area contributed by atoms with Crippen molar-refractivity contribution in [3.8, 4) is 0 Å². The van der Waals surface area contributed by atoms with Gasteiger partial charge < -0.3 is 29.0 Å². The molecule has 0 unspecified atom stereocenters. The minimum Gasteiger partial charge on any atom is -0.463 e. The molecule has 1 aromatic rings. The zero-order chi connectivity index (χ0) is 25.3. The Bertz CT molecular complexity index is 929. The Balaban J connectivity index is 2.35. The van der Waals surface area contributed by atoms with Gasteiger partial charge in [0.05, 0.1) is 0 Å². The fraction of sp³-hybridized carbons (Fsp3) is 0.435. The normalized spacial score (nSPS) is 24.1. The third-order valence-electron chi connectivity index (χ3n) is 4.51. The molecule has 34 heavy (non-hydrogen) atoms. The molecule has 11 heteroatoms. The van der Waals surface area contributed by atoms with Crippen LogP contribution in [0.5, 0.6) is 0 Å². The first-order chi connectivity index (χ1) is 16.1. The van der Waals surface area contributed by atoms with E-state index in [2.05, 4.69) is 5.32 Å². The van der Waals surface area contributed by atoms with Crippen LogP contribution < -0.4 is 5.32 Å². The lowest BCUT2D eigenvalue weighted by Crippen LogP contribution is -2.66. The minimum absolute atomic E-state index is 0.397. The van der Waals surface area contributed by atoms with Crippen molar-refractivity contribution in [1.29, 1.82) is 0 Å². The van der Waals surface area contributed by atoms with Crippen molar-refractivity contribution in [2.45, 2.75) is 58.3 Å². The number of carbonyl (C=O) groups excluding carboxylic acids is 5. The van der Waals surface area contributed by atoms with Crippen molar-refractivity contribution in [2.75, 3.05) is 6.61 Å². The zero-order valence-electron chi connectivity index (χ0n) is 19.2. The lowest BCUT2D eigenvalue weighted by Gasteiger charge is -2.44. The Labute approximate surface area is 196 Å². The number of carbonyl (C=O) groups is 5. The Hall–Kier alpha value is -3.73. The molecule has 1 amide bonds. The van der Waals surface area contributed by atoms with Gasteiger partial charge in [0.2, 0.25) is 12.2 Å². The number of rotatable bonds is 8. The Morgan fingerprint density at radius 3 is 2.06 bits per heavy atom. The van der Waals surface area contributed by atoms with Gasteiger partial charge in [-0.3, -0.25) is 19.2 Å². The van der Waals surface area contributed by atoms with E-state index in [-0.39, 0.29) is 0 Å². The summed E-state index contributed by atoms with van der Waals surface area (Å²) in [6, 6.07) is 7.73. The van der Waals surface area contributed by atoms with Crippen molar-refractivity contribution < 1.29 is 47.7 Å². The highest BCUT2D eigenvalue weighted by molar-refractivity contribution is 5.87. The van der Waals surface area contributed by atoms with Gasteiger partial charge in [-0.25, -0.2) is 4.79 Å². The summed E-state index contributed by atoms with van der Waals surface area (Å²) in [5, 5.41) is 2.51. The molecular formula is C23H27NO10. The predicted octanol–water partition coefficient (Wildman–Crippen LogP) is 0.899. The van der Waals surface area contributed by atoms with Crippen LogP contribution in [0.25, 0.3) is 6.08 Å². The van der Waals surface area contributed by atoms with E-state index >= 15 is 0 Å². The molecule has 1 N–H and O–H groups in total. The van der Waals surface area contributed by atoms with Crippen LogP contribution in [0.2, 0.25) is 0 Å². The number of benzene rings is 1. The second-order valence-electron chi connectivity index (χ2n) is 7.40. The number of amides is 1. The van der Waals surface area contributed by atoms with Crippen LogP contribution in [-0.2, 0) is 47.7 Å². The molecule has 1 fully saturated rings. The number of ether oxygens (including phenoxy) is 5. The summed E-state index contributed by atoms with van der Waals surface area (Å²) >= 11 is 0. The average Bonchev–Trinajstić information content (AvgIpc) is 2.75. The molecule has 0 bridgehead atoms. The molecule has 2 rings (SSSR count). The number of hydrogen-bond donors (Lipinski definition) is 1. The van der Waals surface area contributed by atoms with Gasteiger partial charge in [-0.2, -0.15) is 0 Å². The molecule has 0 aromatic heterocycles. The van der Waals surface area contributed by atoms with E-state index in [1.54, 1.807) is 24.3 Å². The number of hydrogen-bond acceptors (Lipinski definition) is 10. The van der Waals surface area contributed by atoms with Crippen LogP contribution in [-0.4, -0.2) is 67.0 Å². The van der Waals surface area contributed by atoms with Gasteiger partial charge in [0.25, 0.3) is 0 Å². The van der Waals surface area contributed by atoms with E-state index in [0.717, 1.165) is 25.5 Å². The molecule has 0 aliphatic carbocycles. The average molecular weight is 477 g/mol. The lowest BCUT2D eigenvalue weighted by molar-refractivity contribution is -0.270. The monoisotopic (exact) mass is 477 g/mol. The van der Waals surface area contributed by atoms with Crippen LogP contribution in [0.1, 0.15) is 33.3 Å². The van der Waals surface area contributed by atoms with Gasteiger partial charge in [-0.15, -0.1) is 0 Å². The van der Waals surface area contributed by atoms with Crippen molar-refractivity contribution in [2.24, 2.45) is 0 Å². The van der Waals surface area contributed by atoms with Crippen molar-refractivity contribution in [3.05, 3.63) is 42.0 Å². The summed E-state index contributed by atoms with van der Waals surface area (Å²) in [4.78, 5) is 59.3. The maximum atomic E-state index is 12.5. The van der Waals surface area contributed by atoms with Crippen LogP contribution in [0, 0.1) is 0 Å². The first-order valence-electron chi connectivity index (χ1n) is 10.4. The van der Waals surface area contributed by atoms with E-state index in [4.69, 9.17) is 23.7 Å². The number of nitrogens with one attached hydrogen (secondary N) is 1. The van der Waals surface area contributed by atoms with Crippen LogP contribution in [0.3, 0.4) is 0 Å². The molecule has 1 aromatic carbocycles. The molecule has 5 atom stereocenters. The highest BCUT2D eigenvalue weighted by atomic mass is 16.7. The summed E-state index contributed by atoms with van der Waals surface area (Å²) in [5.41, 5.74) is 0.739. The summed E-state index contributed by atoms with van der Waals surface area (Å²) in [6.07, 6.45) is -2.54. The zero-order valence-corrected chi connectivity index (χ0v) is 19.2. The topological polar surface area (TPSA) is 144 Å². The highest BCUT2D eigenvalue weighted by Gasteiger charge is 2.52. The molecular weight excluding hydrogens is 450 g/mol. The van der Waals surface area contributed by atoms with Crippen LogP contribution in [0.15, 0.2) is 36.4 Å². The molecule has 1 aliphatic rings. The quantitative estimate of drug-likeness (QED) is 0.326. The Morgan fingerprint density at radius 2 is 1.50 bits per heavy atom. The fourth-order valence-electron chi connectivity index (χ4n) is 3.27. The number of esters is 4. The van der Waals surface area contributed by atoms with Crippen molar-refractivity contribution >= 4 is 35.9 Å². The van der Waals surface area contributed by atoms with E-state index in [9.17, 15) is 24.0 Å². The van der Waals surface area contributed by atoms with E-state index in [0.29, 0.717) is 0 Å². The molecule has 11 nitrogen and oxygen atoms in total. The Morgan fingerprint density at radius 1 is 0.882 bits per heavy atom. The van der Waals surface area contributed by atoms with E-state index < -0.39 is 67.0 Å². The van der Waals surface area contributed by atoms with Gasteiger partial charge in [0.15, 0.2) is 12.2 Å². The second-order valence-corrected chi connectivity index (χ2v) is 7.40. The van der Waals surface area contributed by atoms with Crippen LogP contribution >= 0.6 is 0 Å². The second kappa shape index (κ2) is 12.5. The first kappa shape index (κ1) is 26.5. The summed E-state index contributed by atoms with van der Waals surface area (Å²) in [7, 11) is 0. The standard InChI is InChI=1S/C23H27NO10/c1-13(25)24-20-22(32-16(4)28)21(31-15(3)27)18(12-30-14(2)26)33-23(20)34-19(29)11-10-17-8-6-5-7-9-17/h5-11,18,20-23H,12H2,1-4H3,(H,24,25)/b11-10+/t18-,20+,21+,22-,23+/m1/s1. The minimum atomic E-state index is -1.46. The molecule has 0 radical (unpaired) electrons. The van der Waals surface area contributed by atoms with Gasteiger partial charge in [-0.1, -0.05) is 30.3 Å². The maximum Gasteiger partial charge on any atom is 0.333 e. The van der Waals surface area contributed by atoms with Gasteiger partial charge >= 0.3 is 23.9 Å². The van der Waals surface area contributed by atoms with E-state index in [1.807, 2.05) is 6.07 Å². The molecule has 0 spiro atoms. The summed E-state index contributed by atoms with van der Waals surface area (Å²) < 4.78 is 26.8. The SMILES string of the molecule is CC(=O)N[C@@H]1[C@H](OC(=O)/C=C/c2ccccc2)O[C@H](COC(C)=O)[C@H](OC(C)=O)[C@@H]1OC(C)=O. The molecule has 1 saturated heterocycles. The molecule has 184 valence electrons. The maximum absolute atomic E-state index is 12.5. The predicted molar refractivity (Wildman–Crippen MR) is 116 cm³/mol. The largest absolute Gasteiger partial charge is 0.463 e. The highest BCUT2D eigenvalue weighted by Crippen LogP contribution is 2.28. The fourth-order valence-corrected chi connectivity index (χ4v) is 3.27.